The van der Waals surface area contributed by atoms with Crippen molar-refractivity contribution in [2.75, 3.05) is 45.7 Å². The smallest absolute Gasteiger partial charge is 0.257 e. The molecule has 3 rings (SSSR count). The maximum atomic E-state index is 13.3. The Labute approximate surface area is 186 Å². The lowest BCUT2D eigenvalue weighted by Crippen LogP contribution is -2.47. The first-order valence-electron chi connectivity index (χ1n) is 11.4. The van der Waals surface area contributed by atoms with Gasteiger partial charge in [0.15, 0.2) is 0 Å². The van der Waals surface area contributed by atoms with Crippen molar-refractivity contribution in [1.82, 2.24) is 9.80 Å². The SMILES string of the molecule is CCC(=O)Nc1ccc2c(c1)C(=O)N(C)C[C@@H](OC)[C@H](C)CN(CC1CC1)[C@@H](C)CO2. The van der Waals surface area contributed by atoms with E-state index in [0.717, 1.165) is 19.0 Å². The van der Waals surface area contributed by atoms with E-state index in [1.165, 1.54) is 12.8 Å². The third-order valence-corrected chi connectivity index (χ3v) is 6.37. The van der Waals surface area contributed by atoms with Crippen LogP contribution in [-0.4, -0.2) is 74.2 Å². The fourth-order valence-corrected chi connectivity index (χ4v) is 4.07. The van der Waals surface area contributed by atoms with Gasteiger partial charge >= 0.3 is 0 Å². The van der Waals surface area contributed by atoms with Gasteiger partial charge in [0.25, 0.3) is 5.91 Å². The van der Waals surface area contributed by atoms with Crippen molar-refractivity contribution >= 4 is 17.5 Å². The number of carbonyl (C=O) groups excluding carboxylic acids is 2. The number of benzene rings is 1. The fourth-order valence-electron chi connectivity index (χ4n) is 4.07. The Morgan fingerprint density at radius 2 is 2.00 bits per heavy atom. The molecule has 1 fully saturated rings. The summed E-state index contributed by atoms with van der Waals surface area (Å²) >= 11 is 0. The number of rotatable bonds is 5. The van der Waals surface area contributed by atoms with Crippen LogP contribution in [0.1, 0.15) is 50.4 Å². The Kier molecular flexibility index (Phi) is 7.94. The molecule has 0 aromatic heterocycles. The summed E-state index contributed by atoms with van der Waals surface area (Å²) in [5.41, 5.74) is 1.06. The summed E-state index contributed by atoms with van der Waals surface area (Å²) < 4.78 is 12.0. The van der Waals surface area contributed by atoms with Crippen LogP contribution in [0.5, 0.6) is 5.75 Å². The number of amides is 2. The van der Waals surface area contributed by atoms with E-state index < -0.39 is 0 Å². The Bertz CT molecular complexity index is 780. The van der Waals surface area contributed by atoms with Crippen LogP contribution in [0.4, 0.5) is 5.69 Å². The number of nitrogens with zero attached hydrogens (tertiary/aromatic N) is 2. The molecule has 0 radical (unpaired) electrons. The van der Waals surface area contributed by atoms with E-state index in [4.69, 9.17) is 9.47 Å². The van der Waals surface area contributed by atoms with Crippen molar-refractivity contribution in [2.24, 2.45) is 11.8 Å². The summed E-state index contributed by atoms with van der Waals surface area (Å²) in [6.07, 6.45) is 2.93. The van der Waals surface area contributed by atoms with E-state index in [0.29, 0.717) is 36.6 Å². The molecule has 1 aliphatic carbocycles. The molecule has 0 spiro atoms. The van der Waals surface area contributed by atoms with Crippen molar-refractivity contribution in [1.29, 1.82) is 0 Å². The highest BCUT2D eigenvalue weighted by Crippen LogP contribution is 2.31. The third kappa shape index (κ3) is 6.20. The number of hydrogen-bond acceptors (Lipinski definition) is 5. The van der Waals surface area contributed by atoms with Crippen molar-refractivity contribution in [3.8, 4) is 5.75 Å². The molecule has 31 heavy (non-hydrogen) atoms. The fraction of sp³-hybridized carbons (Fsp3) is 0.667. The summed E-state index contributed by atoms with van der Waals surface area (Å²) in [4.78, 5) is 29.3. The van der Waals surface area contributed by atoms with Crippen molar-refractivity contribution in [3.63, 3.8) is 0 Å². The summed E-state index contributed by atoms with van der Waals surface area (Å²) in [5, 5.41) is 2.84. The number of anilines is 1. The highest BCUT2D eigenvalue weighted by Gasteiger charge is 2.31. The lowest BCUT2D eigenvalue weighted by molar-refractivity contribution is -0.115. The molecule has 1 aromatic rings. The third-order valence-electron chi connectivity index (χ3n) is 6.37. The minimum absolute atomic E-state index is 0.0605. The van der Waals surface area contributed by atoms with Crippen LogP contribution in [0.3, 0.4) is 0 Å². The van der Waals surface area contributed by atoms with Gasteiger partial charge in [-0.2, -0.15) is 0 Å². The number of hydrogen-bond donors (Lipinski definition) is 1. The van der Waals surface area contributed by atoms with Crippen LogP contribution in [-0.2, 0) is 9.53 Å². The second-order valence-corrected chi connectivity index (χ2v) is 9.11. The van der Waals surface area contributed by atoms with Crippen LogP contribution in [0.2, 0.25) is 0 Å². The number of ether oxygens (including phenoxy) is 2. The molecular weight excluding hydrogens is 394 g/mol. The zero-order valence-electron chi connectivity index (χ0n) is 19.5. The first kappa shape index (κ1) is 23.5. The maximum absolute atomic E-state index is 13.3. The number of nitrogens with one attached hydrogen (secondary N) is 1. The molecule has 1 heterocycles. The van der Waals surface area contributed by atoms with Gasteiger partial charge in [0.1, 0.15) is 12.4 Å². The van der Waals surface area contributed by atoms with E-state index in [-0.39, 0.29) is 29.9 Å². The monoisotopic (exact) mass is 431 g/mol. The average molecular weight is 432 g/mol. The average Bonchev–Trinajstić information content (AvgIpc) is 3.58. The molecule has 2 amide bonds. The molecule has 0 saturated heterocycles. The number of methoxy groups -OCH3 is 1. The van der Waals surface area contributed by atoms with Gasteiger partial charge in [0.05, 0.1) is 11.7 Å². The maximum Gasteiger partial charge on any atom is 0.257 e. The molecular formula is C24H37N3O4. The minimum atomic E-state index is -0.139. The molecule has 7 heteroatoms. The standard InChI is InChI=1S/C24H37N3O4/c1-6-23(28)25-19-9-10-21-20(11-19)24(29)26(4)14-22(30-5)16(2)12-27(13-18-7-8-18)17(3)15-31-21/h9-11,16-18,22H,6-8,12-15H2,1-5H3,(H,25,28)/t16-,17+,22-/m1/s1. The van der Waals surface area contributed by atoms with E-state index in [1.807, 2.05) is 0 Å². The highest BCUT2D eigenvalue weighted by atomic mass is 16.5. The molecule has 1 aliphatic heterocycles. The number of likely N-dealkylation sites (N-methyl/N-ethyl adjacent to an activating group) is 1. The predicted octanol–water partition coefficient (Wildman–Crippen LogP) is 3.25. The second-order valence-electron chi connectivity index (χ2n) is 9.11. The largest absolute Gasteiger partial charge is 0.491 e. The van der Waals surface area contributed by atoms with Crippen LogP contribution in [0.25, 0.3) is 0 Å². The van der Waals surface area contributed by atoms with Gasteiger partial charge in [-0.15, -0.1) is 0 Å². The Balaban J connectivity index is 1.90. The quantitative estimate of drug-likeness (QED) is 0.775. The second kappa shape index (κ2) is 10.5. The Morgan fingerprint density at radius 3 is 2.65 bits per heavy atom. The van der Waals surface area contributed by atoms with Gasteiger partial charge in [-0.05, 0) is 49.8 Å². The molecule has 7 nitrogen and oxygen atoms in total. The molecule has 1 aromatic carbocycles. The summed E-state index contributed by atoms with van der Waals surface area (Å²) in [6, 6.07) is 5.51. The number of carbonyl (C=O) groups is 2. The van der Waals surface area contributed by atoms with E-state index in [1.54, 1.807) is 44.2 Å². The molecule has 172 valence electrons. The van der Waals surface area contributed by atoms with Gasteiger partial charge in [0.2, 0.25) is 5.91 Å². The summed E-state index contributed by atoms with van der Waals surface area (Å²) in [5.74, 6) is 1.37. The summed E-state index contributed by atoms with van der Waals surface area (Å²) in [6.45, 7) is 9.16. The van der Waals surface area contributed by atoms with Crippen LogP contribution < -0.4 is 10.1 Å². The summed E-state index contributed by atoms with van der Waals surface area (Å²) in [7, 11) is 3.51. The topological polar surface area (TPSA) is 71.1 Å². The lowest BCUT2D eigenvalue weighted by atomic mass is 10.0. The van der Waals surface area contributed by atoms with Crippen LogP contribution >= 0.6 is 0 Å². The molecule has 0 unspecified atom stereocenters. The van der Waals surface area contributed by atoms with E-state index >= 15 is 0 Å². The van der Waals surface area contributed by atoms with Crippen LogP contribution in [0.15, 0.2) is 18.2 Å². The predicted molar refractivity (Wildman–Crippen MR) is 122 cm³/mol. The van der Waals surface area contributed by atoms with E-state index in [2.05, 4.69) is 24.1 Å². The molecule has 1 N–H and O–H groups in total. The van der Waals surface area contributed by atoms with Crippen molar-refractivity contribution < 1.29 is 19.1 Å². The molecule has 3 atom stereocenters. The molecule has 0 bridgehead atoms. The zero-order chi connectivity index (χ0) is 22.5. The van der Waals surface area contributed by atoms with Crippen molar-refractivity contribution in [2.45, 2.75) is 52.2 Å². The highest BCUT2D eigenvalue weighted by molar-refractivity contribution is 5.99. The van der Waals surface area contributed by atoms with Crippen molar-refractivity contribution in [3.05, 3.63) is 23.8 Å². The zero-order valence-corrected chi connectivity index (χ0v) is 19.5. The van der Waals surface area contributed by atoms with Gasteiger partial charge in [-0.25, -0.2) is 0 Å². The molecule has 1 saturated carbocycles. The van der Waals surface area contributed by atoms with Gasteiger partial charge in [-0.1, -0.05) is 13.8 Å². The van der Waals surface area contributed by atoms with Crippen LogP contribution in [0, 0.1) is 11.8 Å². The van der Waals surface area contributed by atoms with Gasteiger partial charge < -0.3 is 19.7 Å². The lowest BCUT2D eigenvalue weighted by Gasteiger charge is -2.36. The number of fused-ring (bicyclic) bond motifs is 1. The van der Waals surface area contributed by atoms with Gasteiger partial charge in [0, 0.05) is 51.9 Å². The first-order chi connectivity index (χ1) is 14.8. The van der Waals surface area contributed by atoms with Gasteiger partial charge in [-0.3, -0.25) is 14.5 Å². The Hall–Kier alpha value is -2.12. The normalized spacial score (nSPS) is 25.8. The Morgan fingerprint density at radius 1 is 1.26 bits per heavy atom. The molecule has 2 aliphatic rings. The first-order valence-corrected chi connectivity index (χ1v) is 11.4. The minimum Gasteiger partial charge on any atom is -0.491 e. The van der Waals surface area contributed by atoms with E-state index in [9.17, 15) is 9.59 Å².